The highest BCUT2D eigenvalue weighted by Crippen LogP contribution is 2.31. The average Bonchev–Trinajstić information content (AvgIpc) is 2.14. The summed E-state index contributed by atoms with van der Waals surface area (Å²) < 4.78 is 13.2. The van der Waals surface area contributed by atoms with Gasteiger partial charge in [0.25, 0.3) is 0 Å². The van der Waals surface area contributed by atoms with Gasteiger partial charge < -0.3 is 5.11 Å². The number of halogens is 2. The van der Waals surface area contributed by atoms with Gasteiger partial charge in [0, 0.05) is 5.02 Å². The zero-order valence-corrected chi connectivity index (χ0v) is 9.98. The second kappa shape index (κ2) is 4.50. The second-order valence-corrected chi connectivity index (χ2v) is 5.05. The predicted molar refractivity (Wildman–Crippen MR) is 61.1 cm³/mol. The lowest BCUT2D eigenvalue weighted by Crippen LogP contribution is -2.12. The van der Waals surface area contributed by atoms with E-state index in [4.69, 9.17) is 16.7 Å². The van der Waals surface area contributed by atoms with E-state index in [0.29, 0.717) is 10.6 Å². The van der Waals surface area contributed by atoms with Gasteiger partial charge in [0.05, 0.1) is 6.61 Å². The van der Waals surface area contributed by atoms with E-state index in [1.165, 1.54) is 0 Å². The van der Waals surface area contributed by atoms with Crippen molar-refractivity contribution in [3.63, 3.8) is 0 Å². The fourth-order valence-corrected chi connectivity index (χ4v) is 1.91. The molecule has 0 fully saturated rings. The van der Waals surface area contributed by atoms with E-state index in [2.05, 4.69) is 0 Å². The summed E-state index contributed by atoms with van der Waals surface area (Å²) in [6.45, 7) is 5.64. The van der Waals surface area contributed by atoms with Crippen LogP contribution in [0.5, 0.6) is 0 Å². The molecule has 0 bridgehead atoms. The molecule has 1 atom stereocenters. The molecule has 0 spiro atoms. The van der Waals surface area contributed by atoms with Gasteiger partial charge in [0.1, 0.15) is 6.17 Å². The molecule has 0 aromatic heterocycles. The molecule has 1 nitrogen and oxygen atoms in total. The number of rotatable bonds is 2. The molecule has 0 radical (unpaired) electrons. The van der Waals surface area contributed by atoms with E-state index in [-0.39, 0.29) is 5.41 Å². The zero-order chi connectivity index (χ0) is 11.6. The van der Waals surface area contributed by atoms with Gasteiger partial charge >= 0.3 is 0 Å². The summed E-state index contributed by atoms with van der Waals surface area (Å²) in [5.41, 5.74) is 1.36. The Kier molecular flexibility index (Phi) is 3.74. The van der Waals surface area contributed by atoms with E-state index < -0.39 is 12.8 Å². The summed E-state index contributed by atoms with van der Waals surface area (Å²) >= 11 is 6.07. The second-order valence-electron chi connectivity index (χ2n) is 4.64. The monoisotopic (exact) mass is 230 g/mol. The minimum atomic E-state index is -1.35. The molecule has 15 heavy (non-hydrogen) atoms. The number of hydrogen-bond donors (Lipinski definition) is 1. The average molecular weight is 231 g/mol. The zero-order valence-electron chi connectivity index (χ0n) is 9.22. The maximum Gasteiger partial charge on any atom is 0.148 e. The third kappa shape index (κ3) is 2.93. The van der Waals surface area contributed by atoms with Crippen molar-refractivity contribution in [3.8, 4) is 0 Å². The van der Waals surface area contributed by atoms with Gasteiger partial charge in [-0.15, -0.1) is 0 Å². The van der Waals surface area contributed by atoms with Crippen LogP contribution in [0.25, 0.3) is 0 Å². The molecule has 1 aromatic rings. The Balaban J connectivity index is 3.09. The van der Waals surface area contributed by atoms with E-state index in [1.54, 1.807) is 12.1 Å². The molecule has 1 rings (SSSR count). The lowest BCUT2D eigenvalue weighted by molar-refractivity contribution is 0.180. The largest absolute Gasteiger partial charge is 0.393 e. The first-order valence-electron chi connectivity index (χ1n) is 4.91. The standard InChI is InChI=1S/C12H16ClFO/c1-12(2,3)9-5-4-8(6-10(9)13)11(14)7-15/h4-6,11,15H,7H2,1-3H3. The molecule has 0 saturated heterocycles. The van der Waals surface area contributed by atoms with Crippen molar-refractivity contribution in [1.29, 1.82) is 0 Å². The Morgan fingerprint density at radius 2 is 2.00 bits per heavy atom. The van der Waals surface area contributed by atoms with Gasteiger partial charge in [-0.05, 0) is 22.6 Å². The van der Waals surface area contributed by atoms with Crippen LogP contribution >= 0.6 is 11.6 Å². The molecule has 0 amide bonds. The molecule has 84 valence electrons. The minimum Gasteiger partial charge on any atom is -0.393 e. The first-order chi connectivity index (χ1) is 6.86. The van der Waals surface area contributed by atoms with Gasteiger partial charge in [-0.3, -0.25) is 0 Å². The number of alkyl halides is 1. The molecular weight excluding hydrogens is 215 g/mol. The van der Waals surface area contributed by atoms with Gasteiger partial charge in [-0.2, -0.15) is 0 Å². The summed E-state index contributed by atoms with van der Waals surface area (Å²) in [5.74, 6) is 0. The highest BCUT2D eigenvalue weighted by molar-refractivity contribution is 6.31. The molecule has 0 saturated carbocycles. The van der Waals surface area contributed by atoms with Crippen LogP contribution in [0.3, 0.4) is 0 Å². The maximum atomic E-state index is 13.2. The van der Waals surface area contributed by atoms with Crippen molar-refractivity contribution < 1.29 is 9.50 Å². The highest BCUT2D eigenvalue weighted by atomic mass is 35.5. The number of aliphatic hydroxyl groups excluding tert-OH is 1. The van der Waals surface area contributed by atoms with Gasteiger partial charge in [0.2, 0.25) is 0 Å². The highest BCUT2D eigenvalue weighted by Gasteiger charge is 2.18. The summed E-state index contributed by atoms with van der Waals surface area (Å²) in [4.78, 5) is 0. The molecule has 1 aromatic carbocycles. The van der Waals surface area contributed by atoms with E-state index in [0.717, 1.165) is 5.56 Å². The first-order valence-corrected chi connectivity index (χ1v) is 5.29. The summed E-state index contributed by atoms with van der Waals surface area (Å²) in [5, 5.41) is 9.24. The topological polar surface area (TPSA) is 20.2 Å². The van der Waals surface area contributed by atoms with Crippen LogP contribution in [0.4, 0.5) is 4.39 Å². The molecule has 0 aliphatic heterocycles. The normalized spacial score (nSPS) is 14.0. The van der Waals surface area contributed by atoms with Crippen LogP contribution in [0.2, 0.25) is 5.02 Å². The van der Waals surface area contributed by atoms with Crippen molar-refractivity contribution in [2.75, 3.05) is 6.61 Å². The third-order valence-corrected chi connectivity index (χ3v) is 2.64. The Morgan fingerprint density at radius 3 is 2.40 bits per heavy atom. The molecular formula is C12H16ClFO. The van der Waals surface area contributed by atoms with Crippen LogP contribution in [0, 0.1) is 0 Å². The van der Waals surface area contributed by atoms with Crippen molar-refractivity contribution in [3.05, 3.63) is 34.3 Å². The van der Waals surface area contributed by atoms with Crippen LogP contribution in [0.15, 0.2) is 18.2 Å². The summed E-state index contributed by atoms with van der Waals surface area (Å²) in [7, 11) is 0. The summed E-state index contributed by atoms with van der Waals surface area (Å²) in [6, 6.07) is 5.08. The van der Waals surface area contributed by atoms with Crippen LogP contribution in [-0.2, 0) is 5.41 Å². The van der Waals surface area contributed by atoms with Crippen molar-refractivity contribution in [2.24, 2.45) is 0 Å². The number of aliphatic hydroxyl groups is 1. The molecule has 0 heterocycles. The third-order valence-electron chi connectivity index (χ3n) is 2.32. The van der Waals surface area contributed by atoms with Crippen molar-refractivity contribution in [2.45, 2.75) is 32.4 Å². The SMILES string of the molecule is CC(C)(C)c1ccc(C(F)CO)cc1Cl. The minimum absolute atomic E-state index is 0.0549. The van der Waals surface area contributed by atoms with E-state index >= 15 is 0 Å². The van der Waals surface area contributed by atoms with E-state index in [9.17, 15) is 4.39 Å². The van der Waals surface area contributed by atoms with Crippen LogP contribution in [0.1, 0.15) is 38.1 Å². The quantitative estimate of drug-likeness (QED) is 0.823. The smallest absolute Gasteiger partial charge is 0.148 e. The molecule has 0 aliphatic carbocycles. The molecule has 1 N–H and O–H groups in total. The predicted octanol–water partition coefficient (Wildman–Crippen LogP) is 3.64. The lowest BCUT2D eigenvalue weighted by Gasteiger charge is -2.21. The summed E-state index contributed by atoms with van der Waals surface area (Å²) in [6.07, 6.45) is -1.35. The number of benzene rings is 1. The van der Waals surface area contributed by atoms with Crippen molar-refractivity contribution in [1.82, 2.24) is 0 Å². The van der Waals surface area contributed by atoms with E-state index in [1.807, 2.05) is 26.8 Å². The van der Waals surface area contributed by atoms with Gasteiger partial charge in [-0.25, -0.2) is 4.39 Å². The fraction of sp³-hybridized carbons (Fsp3) is 0.500. The van der Waals surface area contributed by atoms with Gasteiger partial charge in [0.15, 0.2) is 0 Å². The first kappa shape index (κ1) is 12.5. The lowest BCUT2D eigenvalue weighted by atomic mass is 9.86. The fourth-order valence-electron chi connectivity index (χ4n) is 1.44. The Bertz CT molecular complexity index is 344. The molecule has 3 heteroatoms. The maximum absolute atomic E-state index is 13.2. The Morgan fingerprint density at radius 1 is 1.40 bits per heavy atom. The molecule has 0 aliphatic rings. The van der Waals surface area contributed by atoms with Crippen LogP contribution < -0.4 is 0 Å². The number of hydrogen-bond acceptors (Lipinski definition) is 1. The Labute approximate surface area is 94.9 Å². The molecule has 1 unspecified atom stereocenters. The van der Waals surface area contributed by atoms with Gasteiger partial charge in [-0.1, -0.05) is 44.5 Å². The van der Waals surface area contributed by atoms with Crippen molar-refractivity contribution >= 4 is 11.6 Å². The van der Waals surface area contributed by atoms with Crippen LogP contribution in [-0.4, -0.2) is 11.7 Å². The Hall–Kier alpha value is -0.600.